The predicted octanol–water partition coefficient (Wildman–Crippen LogP) is 4.88. The average molecular weight is 375 g/mol. The summed E-state index contributed by atoms with van der Waals surface area (Å²) < 4.78 is 9.51. The number of aromatic nitrogens is 5. The van der Waals surface area contributed by atoms with Crippen LogP contribution in [0.1, 0.15) is 49.4 Å². The van der Waals surface area contributed by atoms with Crippen molar-refractivity contribution in [3.8, 4) is 17.1 Å². The number of rotatable bonds is 3. The Balaban J connectivity index is 1.68. The van der Waals surface area contributed by atoms with E-state index in [1.54, 1.807) is 18.0 Å². The van der Waals surface area contributed by atoms with E-state index >= 15 is 0 Å². The quantitative estimate of drug-likeness (QED) is 0.512. The summed E-state index contributed by atoms with van der Waals surface area (Å²) in [5, 5.41) is 5.80. The molecule has 3 aromatic heterocycles. The van der Waals surface area contributed by atoms with Gasteiger partial charge in [0.05, 0.1) is 12.5 Å². The van der Waals surface area contributed by atoms with Crippen LogP contribution >= 0.6 is 0 Å². The molecule has 1 aliphatic rings. The van der Waals surface area contributed by atoms with Crippen LogP contribution in [0.15, 0.2) is 30.6 Å². The third-order valence-electron chi connectivity index (χ3n) is 6.16. The SMILES string of the molecule is COc1ccc(-c2nc3c4c(C)c(C)n(C5CCCCC5)c4ncn3n2)cc1. The van der Waals surface area contributed by atoms with E-state index in [2.05, 4.69) is 23.5 Å². The Morgan fingerprint density at radius 3 is 2.46 bits per heavy atom. The largest absolute Gasteiger partial charge is 0.497 e. The molecule has 0 bridgehead atoms. The summed E-state index contributed by atoms with van der Waals surface area (Å²) in [6, 6.07) is 8.39. The first kappa shape index (κ1) is 17.2. The minimum atomic E-state index is 0.545. The van der Waals surface area contributed by atoms with Gasteiger partial charge in [-0.2, -0.15) is 0 Å². The minimum Gasteiger partial charge on any atom is -0.497 e. The van der Waals surface area contributed by atoms with Gasteiger partial charge in [0.1, 0.15) is 17.7 Å². The Morgan fingerprint density at radius 1 is 1.00 bits per heavy atom. The minimum absolute atomic E-state index is 0.545. The van der Waals surface area contributed by atoms with Crippen LogP contribution in [-0.2, 0) is 0 Å². The third kappa shape index (κ3) is 2.58. The maximum Gasteiger partial charge on any atom is 0.182 e. The topological polar surface area (TPSA) is 57.2 Å². The van der Waals surface area contributed by atoms with Gasteiger partial charge in [-0.3, -0.25) is 0 Å². The lowest BCUT2D eigenvalue weighted by atomic mass is 9.95. The van der Waals surface area contributed by atoms with Gasteiger partial charge in [-0.1, -0.05) is 19.3 Å². The van der Waals surface area contributed by atoms with Gasteiger partial charge in [0, 0.05) is 17.3 Å². The van der Waals surface area contributed by atoms with E-state index in [1.165, 1.54) is 43.4 Å². The van der Waals surface area contributed by atoms with Gasteiger partial charge in [-0.25, -0.2) is 14.5 Å². The molecule has 0 N–H and O–H groups in total. The summed E-state index contributed by atoms with van der Waals surface area (Å²) in [7, 11) is 1.67. The zero-order valence-corrected chi connectivity index (χ0v) is 16.6. The number of aryl methyl sites for hydroxylation is 1. The first-order valence-electron chi connectivity index (χ1n) is 10.0. The molecular formula is C22H25N5O. The fourth-order valence-corrected chi connectivity index (χ4v) is 4.54. The van der Waals surface area contributed by atoms with E-state index in [4.69, 9.17) is 14.7 Å². The van der Waals surface area contributed by atoms with Crippen molar-refractivity contribution in [3.05, 3.63) is 41.9 Å². The van der Waals surface area contributed by atoms with Crippen molar-refractivity contribution in [1.82, 2.24) is 24.1 Å². The Hall–Kier alpha value is -2.89. The normalized spacial score (nSPS) is 15.5. The Kier molecular flexibility index (Phi) is 4.07. The molecule has 1 fully saturated rings. The molecule has 0 unspecified atom stereocenters. The van der Waals surface area contributed by atoms with Crippen molar-refractivity contribution in [2.75, 3.05) is 7.11 Å². The molecule has 4 aromatic rings. The second-order valence-corrected chi connectivity index (χ2v) is 7.75. The van der Waals surface area contributed by atoms with Crippen LogP contribution in [0, 0.1) is 13.8 Å². The molecule has 1 saturated carbocycles. The number of benzene rings is 1. The Morgan fingerprint density at radius 2 is 1.75 bits per heavy atom. The molecule has 0 spiro atoms. The van der Waals surface area contributed by atoms with Gasteiger partial charge in [0.2, 0.25) is 0 Å². The van der Waals surface area contributed by atoms with Crippen molar-refractivity contribution < 1.29 is 4.74 Å². The van der Waals surface area contributed by atoms with Gasteiger partial charge >= 0.3 is 0 Å². The molecule has 0 atom stereocenters. The first-order chi connectivity index (χ1) is 13.7. The molecule has 0 aliphatic heterocycles. The summed E-state index contributed by atoms with van der Waals surface area (Å²) in [4.78, 5) is 9.69. The van der Waals surface area contributed by atoms with Crippen LogP contribution in [0.5, 0.6) is 5.75 Å². The molecule has 0 radical (unpaired) electrons. The predicted molar refractivity (Wildman–Crippen MR) is 110 cm³/mol. The zero-order chi connectivity index (χ0) is 19.3. The highest BCUT2D eigenvalue weighted by Crippen LogP contribution is 2.36. The summed E-state index contributed by atoms with van der Waals surface area (Å²) in [5.74, 6) is 1.53. The molecule has 28 heavy (non-hydrogen) atoms. The van der Waals surface area contributed by atoms with Crippen LogP contribution in [0.25, 0.3) is 28.1 Å². The lowest BCUT2D eigenvalue weighted by molar-refractivity contribution is 0.355. The smallest absolute Gasteiger partial charge is 0.182 e. The van der Waals surface area contributed by atoms with Crippen molar-refractivity contribution in [1.29, 1.82) is 0 Å². The van der Waals surface area contributed by atoms with Crippen molar-refractivity contribution >= 4 is 16.7 Å². The van der Waals surface area contributed by atoms with Crippen LogP contribution < -0.4 is 4.74 Å². The van der Waals surface area contributed by atoms with Crippen molar-refractivity contribution in [2.45, 2.75) is 52.0 Å². The molecule has 6 nitrogen and oxygen atoms in total. The van der Waals surface area contributed by atoms with Crippen molar-refractivity contribution in [2.24, 2.45) is 0 Å². The number of methoxy groups -OCH3 is 1. The van der Waals surface area contributed by atoms with Gasteiger partial charge in [0.15, 0.2) is 11.5 Å². The lowest BCUT2D eigenvalue weighted by Crippen LogP contribution is -2.14. The van der Waals surface area contributed by atoms with E-state index in [0.717, 1.165) is 28.0 Å². The summed E-state index contributed by atoms with van der Waals surface area (Å²) >= 11 is 0. The van der Waals surface area contributed by atoms with E-state index < -0.39 is 0 Å². The van der Waals surface area contributed by atoms with Crippen LogP contribution in [0.3, 0.4) is 0 Å². The van der Waals surface area contributed by atoms with E-state index in [1.807, 2.05) is 24.3 Å². The lowest BCUT2D eigenvalue weighted by Gasteiger charge is -2.25. The van der Waals surface area contributed by atoms with Gasteiger partial charge in [0.25, 0.3) is 0 Å². The zero-order valence-electron chi connectivity index (χ0n) is 16.6. The standard InChI is InChI=1S/C22H25N5O/c1-14-15(2)27(17-7-5-4-6-8-17)21-19(14)22-24-20(25-26(22)13-23-21)16-9-11-18(28-3)12-10-16/h9-13,17H,4-8H2,1-3H3. The molecule has 1 aliphatic carbocycles. The van der Waals surface area contributed by atoms with Crippen LogP contribution in [0.2, 0.25) is 0 Å². The fourth-order valence-electron chi connectivity index (χ4n) is 4.54. The highest BCUT2D eigenvalue weighted by atomic mass is 16.5. The molecule has 0 saturated heterocycles. The van der Waals surface area contributed by atoms with Gasteiger partial charge in [-0.05, 0) is 56.5 Å². The monoisotopic (exact) mass is 375 g/mol. The third-order valence-corrected chi connectivity index (χ3v) is 6.16. The number of fused-ring (bicyclic) bond motifs is 3. The summed E-state index contributed by atoms with van der Waals surface area (Å²) in [6.45, 7) is 4.39. The van der Waals surface area contributed by atoms with Gasteiger partial charge in [-0.15, -0.1) is 5.10 Å². The molecule has 5 rings (SSSR count). The van der Waals surface area contributed by atoms with E-state index in [9.17, 15) is 0 Å². The van der Waals surface area contributed by atoms with E-state index in [0.29, 0.717) is 11.9 Å². The highest BCUT2D eigenvalue weighted by molar-refractivity contribution is 5.94. The molecule has 6 heteroatoms. The number of ether oxygens (including phenoxy) is 1. The summed E-state index contributed by atoms with van der Waals surface area (Å²) in [5.41, 5.74) is 5.46. The van der Waals surface area contributed by atoms with Crippen LogP contribution in [0.4, 0.5) is 0 Å². The second kappa shape index (κ2) is 6.62. The molecule has 3 heterocycles. The van der Waals surface area contributed by atoms with Gasteiger partial charge < -0.3 is 9.30 Å². The van der Waals surface area contributed by atoms with Crippen LogP contribution in [-0.4, -0.2) is 31.3 Å². The molecule has 144 valence electrons. The Labute approximate surface area is 164 Å². The fraction of sp³-hybridized carbons (Fsp3) is 0.409. The maximum atomic E-state index is 5.25. The second-order valence-electron chi connectivity index (χ2n) is 7.75. The molecular weight excluding hydrogens is 350 g/mol. The van der Waals surface area contributed by atoms with Crippen molar-refractivity contribution in [3.63, 3.8) is 0 Å². The molecule has 0 amide bonds. The Bertz CT molecular complexity index is 1150. The first-order valence-corrected chi connectivity index (χ1v) is 10.0. The number of hydrogen-bond donors (Lipinski definition) is 0. The van der Waals surface area contributed by atoms with E-state index in [-0.39, 0.29) is 0 Å². The average Bonchev–Trinajstić information content (AvgIpc) is 3.28. The highest BCUT2D eigenvalue weighted by Gasteiger charge is 2.24. The number of nitrogens with zero attached hydrogens (tertiary/aromatic N) is 5. The summed E-state index contributed by atoms with van der Waals surface area (Å²) in [6.07, 6.45) is 8.23. The number of hydrogen-bond acceptors (Lipinski definition) is 4. The maximum absolute atomic E-state index is 5.25. The molecule has 1 aromatic carbocycles.